The van der Waals surface area contributed by atoms with Crippen LogP contribution in [0.4, 0.5) is 0 Å². The van der Waals surface area contributed by atoms with Crippen LogP contribution in [0.15, 0.2) is 24.3 Å². The van der Waals surface area contributed by atoms with Gasteiger partial charge in [0.1, 0.15) is 12.4 Å². The topological polar surface area (TPSA) is 55.6 Å². The van der Waals surface area contributed by atoms with Gasteiger partial charge in [0.15, 0.2) is 0 Å². The molecule has 2 N–H and O–H groups in total. The summed E-state index contributed by atoms with van der Waals surface area (Å²) >= 11 is 0. The first-order valence-corrected chi connectivity index (χ1v) is 6.99. The van der Waals surface area contributed by atoms with Crippen molar-refractivity contribution in [3.05, 3.63) is 29.8 Å². The Labute approximate surface area is 113 Å². The van der Waals surface area contributed by atoms with E-state index in [0.29, 0.717) is 6.61 Å². The number of hydrogen-bond acceptors (Lipinski definition) is 3. The summed E-state index contributed by atoms with van der Waals surface area (Å²) in [6, 6.07) is 8.23. The molecule has 4 nitrogen and oxygen atoms in total. The van der Waals surface area contributed by atoms with Crippen LogP contribution < -0.4 is 10.5 Å². The fourth-order valence-corrected chi connectivity index (χ4v) is 2.86. The largest absolute Gasteiger partial charge is 0.492 e. The molecule has 1 unspecified atom stereocenters. The molecule has 0 bridgehead atoms. The maximum absolute atomic E-state index is 12.5. The highest BCUT2D eigenvalue weighted by molar-refractivity contribution is 5.80. The van der Waals surface area contributed by atoms with Crippen LogP contribution in [0.25, 0.3) is 0 Å². The molecule has 1 aromatic rings. The van der Waals surface area contributed by atoms with E-state index in [1.807, 2.05) is 29.2 Å². The minimum absolute atomic E-state index is 0.0378. The number of benzene rings is 1. The van der Waals surface area contributed by atoms with Crippen LogP contribution in [0.3, 0.4) is 0 Å². The lowest BCUT2D eigenvalue weighted by Crippen LogP contribution is -2.47. The van der Waals surface area contributed by atoms with Gasteiger partial charge >= 0.3 is 0 Å². The van der Waals surface area contributed by atoms with Crippen molar-refractivity contribution in [2.75, 3.05) is 19.7 Å². The fourth-order valence-electron chi connectivity index (χ4n) is 2.86. The second kappa shape index (κ2) is 5.21. The van der Waals surface area contributed by atoms with Crippen molar-refractivity contribution in [2.24, 2.45) is 11.7 Å². The fraction of sp³-hybridized carbons (Fsp3) is 0.533. The predicted molar refractivity (Wildman–Crippen MR) is 72.9 cm³/mol. The summed E-state index contributed by atoms with van der Waals surface area (Å²) in [5, 5.41) is 0. The van der Waals surface area contributed by atoms with E-state index in [1.54, 1.807) is 0 Å². The van der Waals surface area contributed by atoms with E-state index in [9.17, 15) is 4.79 Å². The maximum atomic E-state index is 12.5. The Morgan fingerprint density at radius 3 is 2.79 bits per heavy atom. The van der Waals surface area contributed by atoms with Crippen molar-refractivity contribution in [1.29, 1.82) is 0 Å². The molecule has 2 aliphatic heterocycles. The molecule has 2 heterocycles. The summed E-state index contributed by atoms with van der Waals surface area (Å²) in [6.45, 7) is 2.08. The molecule has 0 aliphatic carbocycles. The molecule has 0 radical (unpaired) electrons. The van der Waals surface area contributed by atoms with E-state index in [-0.39, 0.29) is 17.9 Å². The molecule has 3 rings (SSSR count). The molecule has 1 amide bonds. The molecule has 1 atom stereocenters. The number of carbonyl (C=O) groups excluding carboxylic acids is 1. The molecule has 1 aromatic carbocycles. The molecule has 102 valence electrons. The van der Waals surface area contributed by atoms with Crippen LogP contribution >= 0.6 is 0 Å². The Balaban J connectivity index is 1.66. The van der Waals surface area contributed by atoms with Crippen molar-refractivity contribution in [3.8, 4) is 5.75 Å². The van der Waals surface area contributed by atoms with Gasteiger partial charge in [0, 0.05) is 19.1 Å². The van der Waals surface area contributed by atoms with Gasteiger partial charge in [-0.1, -0.05) is 18.2 Å². The highest BCUT2D eigenvalue weighted by Gasteiger charge is 2.30. The van der Waals surface area contributed by atoms with Gasteiger partial charge in [0.05, 0.1) is 5.92 Å². The SMILES string of the molecule is NC1CCN(C(=O)C2COc3ccccc3C2)CC1. The first-order valence-electron chi connectivity index (χ1n) is 6.99. The van der Waals surface area contributed by atoms with Crippen molar-refractivity contribution < 1.29 is 9.53 Å². The van der Waals surface area contributed by atoms with Gasteiger partial charge in [-0.3, -0.25) is 4.79 Å². The molecule has 2 aliphatic rings. The molecule has 19 heavy (non-hydrogen) atoms. The molecule has 0 aromatic heterocycles. The lowest BCUT2D eigenvalue weighted by Gasteiger charge is -2.34. The zero-order chi connectivity index (χ0) is 13.2. The minimum Gasteiger partial charge on any atom is -0.492 e. The second-order valence-corrected chi connectivity index (χ2v) is 5.48. The van der Waals surface area contributed by atoms with Crippen LogP contribution in [0.5, 0.6) is 5.75 Å². The second-order valence-electron chi connectivity index (χ2n) is 5.48. The van der Waals surface area contributed by atoms with Crippen molar-refractivity contribution in [3.63, 3.8) is 0 Å². The molecular formula is C15H20N2O2. The number of hydrogen-bond donors (Lipinski definition) is 1. The van der Waals surface area contributed by atoms with Gasteiger partial charge in [-0.15, -0.1) is 0 Å². The molecule has 0 saturated carbocycles. The van der Waals surface area contributed by atoms with Crippen LogP contribution in [-0.4, -0.2) is 36.5 Å². The summed E-state index contributed by atoms with van der Waals surface area (Å²) in [7, 11) is 0. The normalized spacial score (nSPS) is 23.6. The van der Waals surface area contributed by atoms with Gasteiger partial charge in [0.25, 0.3) is 0 Å². The minimum atomic E-state index is -0.0378. The smallest absolute Gasteiger partial charge is 0.229 e. The number of amides is 1. The summed E-state index contributed by atoms with van der Waals surface area (Å²) in [4.78, 5) is 14.4. The highest BCUT2D eigenvalue weighted by Crippen LogP contribution is 2.28. The van der Waals surface area contributed by atoms with E-state index in [1.165, 1.54) is 0 Å². The van der Waals surface area contributed by atoms with E-state index in [4.69, 9.17) is 10.5 Å². The Kier molecular flexibility index (Phi) is 3.42. The molecule has 4 heteroatoms. The number of likely N-dealkylation sites (tertiary alicyclic amines) is 1. The Morgan fingerprint density at radius 2 is 2.00 bits per heavy atom. The van der Waals surface area contributed by atoms with E-state index in [2.05, 4.69) is 0 Å². The number of para-hydroxylation sites is 1. The highest BCUT2D eigenvalue weighted by atomic mass is 16.5. The van der Waals surface area contributed by atoms with Crippen LogP contribution in [0.1, 0.15) is 18.4 Å². The molecule has 1 saturated heterocycles. The monoisotopic (exact) mass is 260 g/mol. The van der Waals surface area contributed by atoms with Crippen LogP contribution in [0.2, 0.25) is 0 Å². The van der Waals surface area contributed by atoms with Gasteiger partial charge in [-0.05, 0) is 30.9 Å². The van der Waals surface area contributed by atoms with E-state index in [0.717, 1.165) is 43.7 Å². The zero-order valence-corrected chi connectivity index (χ0v) is 11.0. The quantitative estimate of drug-likeness (QED) is 0.825. The predicted octanol–water partition coefficient (Wildman–Crippen LogP) is 1.19. The number of nitrogens with two attached hydrogens (primary N) is 1. The van der Waals surface area contributed by atoms with Crippen molar-refractivity contribution in [2.45, 2.75) is 25.3 Å². The summed E-state index contributed by atoms with van der Waals surface area (Å²) in [5.74, 6) is 1.11. The third-order valence-electron chi connectivity index (χ3n) is 4.08. The lowest BCUT2D eigenvalue weighted by atomic mass is 9.94. The Hall–Kier alpha value is -1.55. The molecule has 0 spiro atoms. The van der Waals surface area contributed by atoms with E-state index < -0.39 is 0 Å². The van der Waals surface area contributed by atoms with Gasteiger partial charge < -0.3 is 15.4 Å². The summed E-state index contributed by atoms with van der Waals surface area (Å²) in [6.07, 6.45) is 2.61. The standard InChI is InChI=1S/C15H20N2O2/c16-13-5-7-17(8-6-13)15(18)12-9-11-3-1-2-4-14(11)19-10-12/h1-4,12-13H,5-10,16H2. The van der Waals surface area contributed by atoms with Crippen LogP contribution in [0, 0.1) is 5.92 Å². The Bertz CT molecular complexity index is 467. The van der Waals surface area contributed by atoms with Gasteiger partial charge in [-0.25, -0.2) is 0 Å². The average molecular weight is 260 g/mol. The first-order chi connectivity index (χ1) is 9.24. The number of carbonyl (C=O) groups is 1. The number of nitrogens with zero attached hydrogens (tertiary/aromatic N) is 1. The number of ether oxygens (including phenoxy) is 1. The van der Waals surface area contributed by atoms with Crippen LogP contribution in [-0.2, 0) is 11.2 Å². The molecular weight excluding hydrogens is 240 g/mol. The van der Waals surface area contributed by atoms with Crippen molar-refractivity contribution >= 4 is 5.91 Å². The van der Waals surface area contributed by atoms with E-state index >= 15 is 0 Å². The maximum Gasteiger partial charge on any atom is 0.229 e. The van der Waals surface area contributed by atoms with Crippen molar-refractivity contribution in [1.82, 2.24) is 4.90 Å². The molecule has 1 fully saturated rings. The number of piperidine rings is 1. The third-order valence-corrected chi connectivity index (χ3v) is 4.08. The van der Waals surface area contributed by atoms with Gasteiger partial charge in [0.2, 0.25) is 5.91 Å². The Morgan fingerprint density at radius 1 is 1.26 bits per heavy atom. The average Bonchev–Trinajstić information content (AvgIpc) is 2.47. The summed E-state index contributed by atoms with van der Waals surface area (Å²) < 4.78 is 5.70. The zero-order valence-electron chi connectivity index (χ0n) is 11.0. The summed E-state index contributed by atoms with van der Waals surface area (Å²) in [5.41, 5.74) is 7.02. The van der Waals surface area contributed by atoms with Gasteiger partial charge in [-0.2, -0.15) is 0 Å². The number of rotatable bonds is 1. The lowest BCUT2D eigenvalue weighted by molar-refractivity contribution is -0.137. The first kappa shape index (κ1) is 12.5. The third kappa shape index (κ3) is 2.59. The number of fused-ring (bicyclic) bond motifs is 1.